The van der Waals surface area contributed by atoms with E-state index >= 15 is 0 Å². The van der Waals surface area contributed by atoms with Gasteiger partial charge in [0.2, 0.25) is 0 Å². The summed E-state index contributed by atoms with van der Waals surface area (Å²) in [5, 5.41) is 10.9. The molecule has 2 N–H and O–H groups in total. The smallest absolute Gasteiger partial charge is 0.265 e. The third kappa shape index (κ3) is 3.62. The molecule has 1 aromatic carbocycles. The average molecular weight is 285 g/mol. The van der Waals surface area contributed by atoms with Crippen LogP contribution >= 0.6 is 23.2 Å². The van der Waals surface area contributed by atoms with Crippen LogP contribution in [0.5, 0.6) is 0 Å². The van der Waals surface area contributed by atoms with Crippen LogP contribution in [0, 0.1) is 11.3 Å². The van der Waals surface area contributed by atoms with Gasteiger partial charge < -0.3 is 5.32 Å². The summed E-state index contributed by atoms with van der Waals surface area (Å²) in [4.78, 5) is 21.1. The SMILES string of the molecule is N#Cc1ccc(C(NC(=O)C(Cl)Cl)C([NH])=O)cc1. The standard InChI is InChI=1S/C11H8Cl2N3O2/c12-9(13)11(18)16-8(10(15)17)7-3-1-6(5-14)2-4-7/h1-4,8-9,15H,(H,16,18). The van der Waals surface area contributed by atoms with Crippen LogP contribution in [0.15, 0.2) is 24.3 Å². The molecule has 0 aromatic heterocycles. The lowest BCUT2D eigenvalue weighted by Crippen LogP contribution is -2.37. The highest BCUT2D eigenvalue weighted by atomic mass is 35.5. The average Bonchev–Trinajstić information content (AvgIpc) is 2.35. The van der Waals surface area contributed by atoms with Crippen molar-refractivity contribution in [1.82, 2.24) is 11.1 Å². The van der Waals surface area contributed by atoms with Crippen LogP contribution in [0.25, 0.3) is 0 Å². The van der Waals surface area contributed by atoms with Crippen LogP contribution in [0.3, 0.4) is 0 Å². The van der Waals surface area contributed by atoms with Crippen molar-refractivity contribution in [3.63, 3.8) is 0 Å². The number of rotatable bonds is 4. The highest BCUT2D eigenvalue weighted by Gasteiger charge is 2.23. The van der Waals surface area contributed by atoms with Gasteiger partial charge >= 0.3 is 0 Å². The second-order valence-electron chi connectivity index (χ2n) is 3.34. The van der Waals surface area contributed by atoms with Gasteiger partial charge in [-0.05, 0) is 17.7 Å². The van der Waals surface area contributed by atoms with E-state index in [9.17, 15) is 9.59 Å². The Morgan fingerprint density at radius 1 is 1.28 bits per heavy atom. The van der Waals surface area contributed by atoms with Crippen molar-refractivity contribution in [3.8, 4) is 6.07 Å². The first-order valence-corrected chi connectivity index (χ1v) is 5.67. The largest absolute Gasteiger partial charge is 0.338 e. The predicted octanol–water partition coefficient (Wildman–Crippen LogP) is 1.33. The number of nitriles is 1. The van der Waals surface area contributed by atoms with Gasteiger partial charge in [0.1, 0.15) is 6.04 Å². The van der Waals surface area contributed by atoms with E-state index in [1.165, 1.54) is 24.3 Å². The maximum atomic E-state index is 11.3. The molecule has 0 aliphatic carbocycles. The molecule has 1 rings (SSSR count). The molecule has 1 atom stereocenters. The highest BCUT2D eigenvalue weighted by Crippen LogP contribution is 2.15. The van der Waals surface area contributed by atoms with Gasteiger partial charge in [-0.15, -0.1) is 0 Å². The minimum Gasteiger partial charge on any atom is -0.338 e. The Labute approximate surface area is 113 Å². The van der Waals surface area contributed by atoms with Gasteiger partial charge in [0.05, 0.1) is 11.6 Å². The van der Waals surface area contributed by atoms with Gasteiger partial charge in [-0.2, -0.15) is 5.26 Å². The molecule has 0 saturated carbocycles. The molecule has 1 radical (unpaired) electrons. The molecule has 0 aliphatic rings. The maximum absolute atomic E-state index is 11.3. The number of nitrogens with one attached hydrogen (secondary N) is 2. The summed E-state index contributed by atoms with van der Waals surface area (Å²) in [5.74, 6) is -1.75. The Bertz CT molecular complexity index is 494. The first-order chi connectivity index (χ1) is 8.45. The third-order valence-corrected chi connectivity index (χ3v) is 2.52. The van der Waals surface area contributed by atoms with E-state index in [1.807, 2.05) is 6.07 Å². The fraction of sp³-hybridized carbons (Fsp3) is 0.182. The van der Waals surface area contributed by atoms with Gasteiger partial charge in [-0.25, -0.2) is 0 Å². The van der Waals surface area contributed by atoms with Gasteiger partial charge in [-0.3, -0.25) is 15.3 Å². The fourth-order valence-electron chi connectivity index (χ4n) is 1.26. The summed E-state index contributed by atoms with van der Waals surface area (Å²) < 4.78 is 0. The molecule has 0 aliphatic heterocycles. The molecular formula is C11H8Cl2N3O2. The van der Waals surface area contributed by atoms with E-state index in [1.54, 1.807) is 0 Å². The van der Waals surface area contributed by atoms with E-state index < -0.39 is 22.7 Å². The summed E-state index contributed by atoms with van der Waals surface area (Å²) in [7, 11) is 0. The van der Waals surface area contributed by atoms with Crippen LogP contribution in [0.4, 0.5) is 0 Å². The zero-order valence-electron chi connectivity index (χ0n) is 8.98. The van der Waals surface area contributed by atoms with E-state index in [0.717, 1.165) is 0 Å². The molecule has 7 heteroatoms. The molecule has 0 saturated heterocycles. The Kier molecular flexibility index (Phi) is 4.95. The number of hydrogen-bond acceptors (Lipinski definition) is 3. The molecule has 1 aromatic rings. The lowest BCUT2D eigenvalue weighted by atomic mass is 10.0. The first-order valence-electron chi connectivity index (χ1n) is 4.79. The van der Waals surface area contributed by atoms with Gasteiger partial charge in [0.15, 0.2) is 4.84 Å². The first kappa shape index (κ1) is 14.3. The zero-order valence-corrected chi connectivity index (χ0v) is 10.5. The predicted molar refractivity (Wildman–Crippen MR) is 65.6 cm³/mol. The molecular weight excluding hydrogens is 277 g/mol. The summed E-state index contributed by atoms with van der Waals surface area (Å²) in [6.45, 7) is 0. The second-order valence-corrected chi connectivity index (χ2v) is 4.44. The van der Waals surface area contributed by atoms with E-state index in [0.29, 0.717) is 11.1 Å². The van der Waals surface area contributed by atoms with Crippen LogP contribution in [0.1, 0.15) is 17.2 Å². The van der Waals surface area contributed by atoms with Crippen LogP contribution in [-0.2, 0) is 9.59 Å². The second kappa shape index (κ2) is 6.24. The van der Waals surface area contributed by atoms with Crippen molar-refractivity contribution in [2.24, 2.45) is 0 Å². The normalized spacial score (nSPS) is 11.7. The van der Waals surface area contributed by atoms with Crippen LogP contribution < -0.4 is 11.1 Å². The molecule has 5 nitrogen and oxygen atoms in total. The number of carbonyl (C=O) groups excluding carboxylic acids is 2. The molecule has 93 valence electrons. The van der Waals surface area contributed by atoms with Crippen molar-refractivity contribution < 1.29 is 9.59 Å². The summed E-state index contributed by atoms with van der Waals surface area (Å²) in [6.07, 6.45) is 0. The van der Waals surface area contributed by atoms with E-state index in [-0.39, 0.29) is 0 Å². The zero-order chi connectivity index (χ0) is 13.7. The number of halogens is 2. The Hall–Kier alpha value is -1.77. The summed E-state index contributed by atoms with van der Waals surface area (Å²) in [5.41, 5.74) is 7.90. The molecule has 0 spiro atoms. The van der Waals surface area contributed by atoms with Crippen molar-refractivity contribution >= 4 is 35.0 Å². The van der Waals surface area contributed by atoms with E-state index in [2.05, 4.69) is 5.32 Å². The molecule has 0 heterocycles. The number of hydrogen-bond donors (Lipinski definition) is 1. The minimum absolute atomic E-state index is 0.385. The number of benzene rings is 1. The molecule has 18 heavy (non-hydrogen) atoms. The maximum Gasteiger partial charge on any atom is 0.265 e. The summed E-state index contributed by atoms with van der Waals surface area (Å²) >= 11 is 10.7. The lowest BCUT2D eigenvalue weighted by molar-refractivity contribution is -0.126. The van der Waals surface area contributed by atoms with Gasteiger partial charge in [0, 0.05) is 0 Å². The van der Waals surface area contributed by atoms with Crippen molar-refractivity contribution in [2.75, 3.05) is 0 Å². The van der Waals surface area contributed by atoms with Crippen LogP contribution in [0.2, 0.25) is 0 Å². The number of amides is 2. The van der Waals surface area contributed by atoms with Crippen LogP contribution in [-0.4, -0.2) is 16.7 Å². The fourth-order valence-corrected chi connectivity index (χ4v) is 1.38. The molecule has 0 fully saturated rings. The van der Waals surface area contributed by atoms with Crippen molar-refractivity contribution in [2.45, 2.75) is 10.9 Å². The third-order valence-electron chi connectivity index (χ3n) is 2.12. The Morgan fingerprint density at radius 3 is 2.22 bits per heavy atom. The van der Waals surface area contributed by atoms with E-state index in [4.69, 9.17) is 34.2 Å². The van der Waals surface area contributed by atoms with Gasteiger partial charge in [0.25, 0.3) is 11.8 Å². The number of alkyl halides is 2. The monoisotopic (exact) mass is 284 g/mol. The molecule has 1 unspecified atom stereocenters. The molecule has 0 bridgehead atoms. The Balaban J connectivity index is 2.94. The summed E-state index contributed by atoms with van der Waals surface area (Å²) in [6, 6.07) is 6.70. The number of carbonyl (C=O) groups is 2. The molecule has 2 amide bonds. The minimum atomic E-state index is -1.31. The number of nitrogens with zero attached hydrogens (tertiary/aromatic N) is 1. The van der Waals surface area contributed by atoms with Gasteiger partial charge in [-0.1, -0.05) is 35.3 Å². The topological polar surface area (TPSA) is 93.8 Å². The van der Waals surface area contributed by atoms with Crippen molar-refractivity contribution in [3.05, 3.63) is 35.4 Å². The quantitative estimate of drug-likeness (QED) is 0.845. The Morgan fingerprint density at radius 2 is 1.83 bits per heavy atom. The van der Waals surface area contributed by atoms with Crippen molar-refractivity contribution in [1.29, 1.82) is 5.26 Å². The lowest BCUT2D eigenvalue weighted by Gasteiger charge is -2.15. The highest BCUT2D eigenvalue weighted by molar-refractivity contribution is 6.53.